The third kappa shape index (κ3) is 2.68. The number of hydrogen-bond donors (Lipinski definition) is 1. The van der Waals surface area contributed by atoms with Crippen molar-refractivity contribution in [2.75, 3.05) is 37.4 Å². The Balaban J connectivity index is 2.12. The lowest BCUT2D eigenvalue weighted by atomic mass is 10.3. The summed E-state index contributed by atoms with van der Waals surface area (Å²) in [7, 11) is 1.92. The van der Waals surface area contributed by atoms with E-state index in [1.165, 1.54) is 0 Å². The predicted molar refractivity (Wildman–Crippen MR) is 68.2 cm³/mol. The van der Waals surface area contributed by atoms with Crippen LogP contribution >= 0.6 is 0 Å². The van der Waals surface area contributed by atoms with Crippen molar-refractivity contribution in [3.63, 3.8) is 0 Å². The number of nitrogens with zero attached hydrogens (tertiary/aromatic N) is 2. The predicted octanol–water partition coefficient (Wildman–Crippen LogP) is 1.88. The number of rotatable bonds is 5. The number of likely N-dealkylation sites (N-methyl/N-ethyl adjacent to an activating group) is 1. The minimum absolute atomic E-state index is 0.588. The van der Waals surface area contributed by atoms with Gasteiger partial charge < -0.3 is 19.8 Å². The van der Waals surface area contributed by atoms with E-state index in [0.29, 0.717) is 23.9 Å². The Labute approximate surface area is 100 Å². The summed E-state index contributed by atoms with van der Waals surface area (Å²) in [6.45, 7) is 4.10. The van der Waals surface area contributed by atoms with E-state index in [2.05, 4.69) is 4.98 Å². The molecule has 0 atom stereocenters. The number of nitrogens with two attached hydrogens (primary N) is 1. The molecule has 17 heavy (non-hydrogen) atoms. The van der Waals surface area contributed by atoms with E-state index in [1.54, 1.807) is 6.07 Å². The molecule has 2 rings (SSSR count). The largest absolute Gasteiger partial charge is 0.423 e. The maximum absolute atomic E-state index is 5.69. The highest BCUT2D eigenvalue weighted by Crippen LogP contribution is 2.22. The SMILES string of the molecule is CCOCCN(C)c1nc2ccc(N)cc2o1. The number of anilines is 2. The molecule has 1 aromatic heterocycles. The van der Waals surface area contributed by atoms with Crippen LogP contribution in [0.3, 0.4) is 0 Å². The monoisotopic (exact) mass is 235 g/mol. The minimum atomic E-state index is 0.588. The molecule has 0 radical (unpaired) electrons. The summed E-state index contributed by atoms with van der Waals surface area (Å²) < 4.78 is 10.9. The number of hydrogen-bond acceptors (Lipinski definition) is 5. The highest BCUT2D eigenvalue weighted by molar-refractivity contribution is 5.78. The Morgan fingerprint density at radius 2 is 2.29 bits per heavy atom. The molecule has 0 fully saturated rings. The van der Waals surface area contributed by atoms with Crippen LogP contribution in [0.1, 0.15) is 6.92 Å². The zero-order valence-corrected chi connectivity index (χ0v) is 10.1. The van der Waals surface area contributed by atoms with Gasteiger partial charge >= 0.3 is 0 Å². The Morgan fingerprint density at radius 3 is 3.06 bits per heavy atom. The zero-order chi connectivity index (χ0) is 12.3. The van der Waals surface area contributed by atoms with Gasteiger partial charge in [-0.15, -0.1) is 0 Å². The maximum Gasteiger partial charge on any atom is 0.298 e. The summed E-state index contributed by atoms with van der Waals surface area (Å²) in [6, 6.07) is 6.04. The molecule has 0 aliphatic heterocycles. The lowest BCUT2D eigenvalue weighted by molar-refractivity contribution is 0.154. The summed E-state index contributed by atoms with van der Waals surface area (Å²) in [5.41, 5.74) is 7.89. The van der Waals surface area contributed by atoms with Crippen LogP contribution in [0.5, 0.6) is 0 Å². The molecule has 0 aliphatic carbocycles. The first-order valence-corrected chi connectivity index (χ1v) is 5.65. The van der Waals surface area contributed by atoms with Crippen molar-refractivity contribution >= 4 is 22.8 Å². The normalized spacial score (nSPS) is 10.9. The van der Waals surface area contributed by atoms with Crippen LogP contribution < -0.4 is 10.6 Å². The van der Waals surface area contributed by atoms with E-state index < -0.39 is 0 Å². The third-order valence-corrected chi connectivity index (χ3v) is 2.50. The molecular formula is C12H17N3O2. The number of ether oxygens (including phenoxy) is 1. The molecule has 2 aromatic rings. The molecule has 0 unspecified atom stereocenters. The molecule has 1 heterocycles. The number of oxazole rings is 1. The Hall–Kier alpha value is -1.75. The fraction of sp³-hybridized carbons (Fsp3) is 0.417. The van der Waals surface area contributed by atoms with Crippen LogP contribution in [0.15, 0.2) is 22.6 Å². The van der Waals surface area contributed by atoms with Crippen LogP contribution in [0.4, 0.5) is 11.7 Å². The highest BCUT2D eigenvalue weighted by atomic mass is 16.5. The molecule has 92 valence electrons. The molecule has 2 N–H and O–H groups in total. The summed E-state index contributed by atoms with van der Waals surface area (Å²) >= 11 is 0. The fourth-order valence-electron chi connectivity index (χ4n) is 1.53. The molecule has 5 heteroatoms. The van der Waals surface area contributed by atoms with Crippen LogP contribution in [0.2, 0.25) is 0 Å². The molecule has 0 saturated carbocycles. The van der Waals surface area contributed by atoms with Gasteiger partial charge in [-0.05, 0) is 19.1 Å². The lowest BCUT2D eigenvalue weighted by Gasteiger charge is -2.13. The molecular weight excluding hydrogens is 218 g/mol. The van der Waals surface area contributed by atoms with E-state index in [9.17, 15) is 0 Å². The minimum Gasteiger partial charge on any atom is -0.423 e. The summed E-state index contributed by atoms with van der Waals surface area (Å²) in [6.07, 6.45) is 0. The first kappa shape index (κ1) is 11.7. The molecule has 0 spiro atoms. The van der Waals surface area contributed by atoms with Crippen molar-refractivity contribution in [1.82, 2.24) is 4.98 Å². The summed E-state index contributed by atoms with van der Waals surface area (Å²) in [4.78, 5) is 6.30. The topological polar surface area (TPSA) is 64.5 Å². The van der Waals surface area contributed by atoms with Gasteiger partial charge in [-0.1, -0.05) is 0 Å². The van der Waals surface area contributed by atoms with Crippen LogP contribution in [-0.2, 0) is 4.74 Å². The van der Waals surface area contributed by atoms with Gasteiger partial charge in [0.25, 0.3) is 6.01 Å². The second-order valence-electron chi connectivity index (χ2n) is 3.84. The van der Waals surface area contributed by atoms with Gasteiger partial charge in [-0.2, -0.15) is 4.98 Å². The summed E-state index contributed by atoms with van der Waals surface area (Å²) in [5.74, 6) is 0. The van der Waals surface area contributed by atoms with Gasteiger partial charge in [-0.25, -0.2) is 0 Å². The molecule has 0 bridgehead atoms. The molecule has 0 amide bonds. The third-order valence-electron chi connectivity index (χ3n) is 2.50. The Morgan fingerprint density at radius 1 is 1.47 bits per heavy atom. The van der Waals surface area contributed by atoms with Crippen LogP contribution in [-0.4, -0.2) is 31.8 Å². The number of aromatic nitrogens is 1. The molecule has 1 aromatic carbocycles. The van der Waals surface area contributed by atoms with Gasteiger partial charge in [0.1, 0.15) is 5.52 Å². The lowest BCUT2D eigenvalue weighted by Crippen LogP contribution is -2.22. The first-order chi connectivity index (χ1) is 8.20. The van der Waals surface area contributed by atoms with Crippen molar-refractivity contribution in [3.8, 4) is 0 Å². The molecule has 0 saturated heterocycles. The Bertz CT molecular complexity index is 495. The van der Waals surface area contributed by atoms with Gasteiger partial charge in [0, 0.05) is 32.0 Å². The van der Waals surface area contributed by atoms with Gasteiger partial charge in [0.15, 0.2) is 5.58 Å². The van der Waals surface area contributed by atoms with E-state index in [0.717, 1.165) is 18.7 Å². The van der Waals surface area contributed by atoms with Crippen molar-refractivity contribution in [1.29, 1.82) is 0 Å². The average molecular weight is 235 g/mol. The van der Waals surface area contributed by atoms with E-state index in [4.69, 9.17) is 14.9 Å². The van der Waals surface area contributed by atoms with E-state index in [1.807, 2.05) is 31.0 Å². The van der Waals surface area contributed by atoms with Crippen LogP contribution in [0, 0.1) is 0 Å². The fourth-order valence-corrected chi connectivity index (χ4v) is 1.53. The van der Waals surface area contributed by atoms with Crippen molar-refractivity contribution in [2.45, 2.75) is 6.92 Å². The second-order valence-corrected chi connectivity index (χ2v) is 3.84. The number of benzene rings is 1. The standard InChI is InChI=1S/C12H17N3O2/c1-3-16-7-6-15(2)12-14-10-5-4-9(13)8-11(10)17-12/h4-5,8H,3,6-7,13H2,1-2H3. The van der Waals surface area contributed by atoms with Crippen molar-refractivity contribution in [3.05, 3.63) is 18.2 Å². The Kier molecular flexibility index (Phi) is 3.49. The van der Waals surface area contributed by atoms with Gasteiger partial charge in [0.05, 0.1) is 6.61 Å². The molecule has 0 aliphatic rings. The number of fused-ring (bicyclic) bond motifs is 1. The molecule has 5 nitrogen and oxygen atoms in total. The van der Waals surface area contributed by atoms with Gasteiger partial charge in [-0.3, -0.25) is 0 Å². The average Bonchev–Trinajstić information content (AvgIpc) is 2.72. The quantitative estimate of drug-likeness (QED) is 0.633. The van der Waals surface area contributed by atoms with Crippen LogP contribution in [0.25, 0.3) is 11.1 Å². The zero-order valence-electron chi connectivity index (χ0n) is 10.1. The van der Waals surface area contributed by atoms with E-state index in [-0.39, 0.29) is 0 Å². The smallest absolute Gasteiger partial charge is 0.298 e. The van der Waals surface area contributed by atoms with Crippen molar-refractivity contribution < 1.29 is 9.15 Å². The second kappa shape index (κ2) is 5.05. The summed E-state index contributed by atoms with van der Waals surface area (Å²) in [5, 5.41) is 0. The van der Waals surface area contributed by atoms with E-state index >= 15 is 0 Å². The number of nitrogen functional groups attached to an aromatic ring is 1. The van der Waals surface area contributed by atoms with Crippen molar-refractivity contribution in [2.24, 2.45) is 0 Å². The highest BCUT2D eigenvalue weighted by Gasteiger charge is 2.09. The van der Waals surface area contributed by atoms with Gasteiger partial charge in [0.2, 0.25) is 0 Å². The first-order valence-electron chi connectivity index (χ1n) is 5.65. The maximum atomic E-state index is 5.69.